The van der Waals surface area contributed by atoms with Crippen LogP contribution in [0.1, 0.15) is 36.7 Å². The first-order chi connectivity index (χ1) is 8.88. The molecule has 0 fully saturated rings. The second kappa shape index (κ2) is 5.33. The quantitative estimate of drug-likeness (QED) is 0.601. The number of aromatic nitrogens is 1. The minimum absolute atomic E-state index is 0.180. The van der Waals surface area contributed by atoms with Crippen LogP contribution in [0.3, 0.4) is 0 Å². The number of rotatable bonds is 2. The van der Waals surface area contributed by atoms with E-state index in [0.717, 1.165) is 27.8 Å². The molecule has 1 aliphatic carbocycles. The van der Waals surface area contributed by atoms with Gasteiger partial charge in [0.1, 0.15) is 0 Å². The molecule has 0 N–H and O–H groups in total. The van der Waals surface area contributed by atoms with Crippen LogP contribution < -0.4 is 0 Å². The molecule has 1 heterocycles. The third kappa shape index (κ3) is 2.36. The molecule has 0 spiro atoms. The number of carbonyl (C=O) groups is 1. The lowest BCUT2D eigenvalue weighted by molar-refractivity contribution is -0.133. The Morgan fingerprint density at radius 1 is 1.58 bits per heavy atom. The molecule has 0 saturated heterocycles. The van der Waals surface area contributed by atoms with Crippen LogP contribution in [0.2, 0.25) is 0 Å². The van der Waals surface area contributed by atoms with E-state index in [9.17, 15) is 4.79 Å². The van der Waals surface area contributed by atoms with Gasteiger partial charge in [0.25, 0.3) is 0 Å². The van der Waals surface area contributed by atoms with Gasteiger partial charge in [0.05, 0.1) is 22.7 Å². The molecule has 1 aliphatic rings. The molecule has 0 aliphatic heterocycles. The molecule has 1 atom stereocenters. The molecular formula is C14H17BrClNO2. The van der Waals surface area contributed by atoms with E-state index in [0.29, 0.717) is 11.6 Å². The highest BCUT2D eigenvalue weighted by Gasteiger charge is 2.31. The van der Waals surface area contributed by atoms with Crippen LogP contribution in [-0.4, -0.2) is 23.0 Å². The Labute approximate surface area is 126 Å². The number of esters is 1. The van der Waals surface area contributed by atoms with E-state index < -0.39 is 0 Å². The number of ether oxygens (including phenoxy) is 1. The molecule has 5 heteroatoms. The number of fused-ring (bicyclic) bond motifs is 1. The highest BCUT2D eigenvalue weighted by molar-refractivity contribution is 9.10. The number of alkyl halides is 1. The standard InChI is InChI=1S/C14H17BrClNO2/c1-7(2)17-11-6-9(16)5-10(14(18)19-4)12(11)8(3)13(17)15/h5,7,9H,6H2,1-4H3. The lowest BCUT2D eigenvalue weighted by Crippen LogP contribution is -2.18. The monoisotopic (exact) mass is 345 g/mol. The number of allylic oxidation sites excluding steroid dienone is 1. The van der Waals surface area contributed by atoms with Crippen molar-refractivity contribution in [2.24, 2.45) is 0 Å². The van der Waals surface area contributed by atoms with Crippen molar-refractivity contribution in [1.82, 2.24) is 4.57 Å². The fraction of sp³-hybridized carbons (Fsp3) is 0.500. The zero-order valence-corrected chi connectivity index (χ0v) is 13.8. The molecule has 0 aromatic carbocycles. The summed E-state index contributed by atoms with van der Waals surface area (Å²) in [6.45, 7) is 6.24. The Balaban J connectivity index is 2.69. The Kier molecular flexibility index (Phi) is 4.11. The predicted octanol–water partition coefficient (Wildman–Crippen LogP) is 3.86. The van der Waals surface area contributed by atoms with Gasteiger partial charge in [0, 0.05) is 23.7 Å². The average molecular weight is 347 g/mol. The number of nitrogens with zero attached hydrogens (tertiary/aromatic N) is 1. The molecular weight excluding hydrogens is 330 g/mol. The summed E-state index contributed by atoms with van der Waals surface area (Å²) in [7, 11) is 1.39. The van der Waals surface area contributed by atoms with Crippen molar-refractivity contribution in [2.45, 2.75) is 38.6 Å². The first kappa shape index (κ1) is 14.7. The van der Waals surface area contributed by atoms with Crippen LogP contribution in [0.15, 0.2) is 10.7 Å². The molecule has 19 heavy (non-hydrogen) atoms. The fourth-order valence-corrected chi connectivity index (χ4v) is 3.72. The fourth-order valence-electron chi connectivity index (χ4n) is 2.62. The molecule has 104 valence electrons. The Hall–Kier alpha value is -0.740. The van der Waals surface area contributed by atoms with Gasteiger partial charge in [-0.15, -0.1) is 11.6 Å². The number of carbonyl (C=O) groups excluding carboxylic acids is 1. The summed E-state index contributed by atoms with van der Waals surface area (Å²) in [5.74, 6) is -0.330. The third-order valence-corrected chi connectivity index (χ3v) is 4.66. The van der Waals surface area contributed by atoms with E-state index >= 15 is 0 Å². The largest absolute Gasteiger partial charge is 0.465 e. The molecule has 2 rings (SSSR count). The van der Waals surface area contributed by atoms with Gasteiger partial charge < -0.3 is 9.30 Å². The van der Waals surface area contributed by atoms with E-state index in [4.69, 9.17) is 16.3 Å². The van der Waals surface area contributed by atoms with E-state index in [-0.39, 0.29) is 11.3 Å². The lowest BCUT2D eigenvalue weighted by Gasteiger charge is -2.21. The lowest BCUT2D eigenvalue weighted by atomic mass is 9.93. The third-order valence-electron chi connectivity index (χ3n) is 3.40. The maximum atomic E-state index is 11.9. The maximum Gasteiger partial charge on any atom is 0.338 e. The van der Waals surface area contributed by atoms with Crippen molar-refractivity contribution in [3.05, 3.63) is 27.5 Å². The molecule has 0 amide bonds. The van der Waals surface area contributed by atoms with Crippen molar-refractivity contribution in [3.63, 3.8) is 0 Å². The highest BCUT2D eigenvalue weighted by Crippen LogP contribution is 2.39. The topological polar surface area (TPSA) is 31.2 Å². The Bertz CT molecular complexity index is 560. The summed E-state index contributed by atoms with van der Waals surface area (Å²) in [4.78, 5) is 11.9. The zero-order valence-electron chi connectivity index (χ0n) is 11.5. The van der Waals surface area contributed by atoms with Crippen molar-refractivity contribution in [1.29, 1.82) is 0 Å². The second-order valence-corrected chi connectivity index (χ2v) is 6.31. The summed E-state index contributed by atoms with van der Waals surface area (Å²) < 4.78 is 8.07. The highest BCUT2D eigenvalue weighted by atomic mass is 79.9. The zero-order chi connectivity index (χ0) is 14.3. The predicted molar refractivity (Wildman–Crippen MR) is 80.6 cm³/mol. The van der Waals surface area contributed by atoms with E-state index in [1.54, 1.807) is 6.08 Å². The van der Waals surface area contributed by atoms with Gasteiger partial charge >= 0.3 is 5.97 Å². The van der Waals surface area contributed by atoms with Crippen LogP contribution in [0.5, 0.6) is 0 Å². The summed E-state index contributed by atoms with van der Waals surface area (Å²) in [6, 6.07) is 0.303. The SMILES string of the molecule is COC(=O)C1=CC(Cl)Cc2c1c(C)c(Br)n2C(C)C. The number of hydrogen-bond donors (Lipinski definition) is 0. The minimum Gasteiger partial charge on any atom is -0.465 e. The van der Waals surface area contributed by atoms with Crippen LogP contribution in [-0.2, 0) is 16.0 Å². The van der Waals surface area contributed by atoms with E-state index in [2.05, 4.69) is 34.3 Å². The summed E-state index contributed by atoms with van der Waals surface area (Å²) in [5.41, 5.74) is 3.69. The smallest absolute Gasteiger partial charge is 0.338 e. The summed E-state index contributed by atoms with van der Waals surface area (Å²) in [5, 5.41) is -0.180. The van der Waals surface area contributed by atoms with Crippen molar-refractivity contribution in [2.75, 3.05) is 7.11 Å². The summed E-state index contributed by atoms with van der Waals surface area (Å²) in [6.07, 6.45) is 2.52. The number of methoxy groups -OCH3 is 1. The van der Waals surface area contributed by atoms with Gasteiger partial charge in [0.15, 0.2) is 0 Å². The Morgan fingerprint density at radius 3 is 2.74 bits per heavy atom. The van der Waals surface area contributed by atoms with Gasteiger partial charge in [-0.05, 0) is 42.3 Å². The first-order valence-electron chi connectivity index (χ1n) is 6.22. The second-order valence-electron chi connectivity index (χ2n) is 4.99. The molecule has 0 bridgehead atoms. The molecule has 1 aromatic heterocycles. The van der Waals surface area contributed by atoms with Gasteiger partial charge in [-0.2, -0.15) is 0 Å². The van der Waals surface area contributed by atoms with Crippen LogP contribution in [0.25, 0.3) is 5.57 Å². The molecule has 0 saturated carbocycles. The normalized spacial score (nSPS) is 18.3. The van der Waals surface area contributed by atoms with Crippen molar-refractivity contribution >= 4 is 39.1 Å². The molecule has 1 unspecified atom stereocenters. The Morgan fingerprint density at radius 2 is 2.21 bits per heavy atom. The van der Waals surface area contributed by atoms with Crippen LogP contribution >= 0.6 is 27.5 Å². The first-order valence-corrected chi connectivity index (χ1v) is 7.45. The molecule has 0 radical (unpaired) electrons. The number of halogens is 2. The van der Waals surface area contributed by atoms with E-state index in [1.165, 1.54) is 7.11 Å². The average Bonchev–Trinajstić information content (AvgIpc) is 2.59. The molecule has 3 nitrogen and oxygen atoms in total. The van der Waals surface area contributed by atoms with Gasteiger partial charge in [-0.25, -0.2) is 4.79 Å². The van der Waals surface area contributed by atoms with Crippen LogP contribution in [0, 0.1) is 6.92 Å². The maximum absolute atomic E-state index is 11.9. The number of hydrogen-bond acceptors (Lipinski definition) is 2. The molecule has 1 aromatic rings. The summed E-state index contributed by atoms with van der Waals surface area (Å²) >= 11 is 9.89. The van der Waals surface area contributed by atoms with Crippen LogP contribution in [0.4, 0.5) is 0 Å². The van der Waals surface area contributed by atoms with Gasteiger partial charge in [-0.3, -0.25) is 0 Å². The van der Waals surface area contributed by atoms with E-state index in [1.807, 2.05) is 6.92 Å². The van der Waals surface area contributed by atoms with Gasteiger partial charge in [0.2, 0.25) is 0 Å². The minimum atomic E-state index is -0.330. The van der Waals surface area contributed by atoms with Crippen molar-refractivity contribution < 1.29 is 9.53 Å². The van der Waals surface area contributed by atoms with Crippen molar-refractivity contribution in [3.8, 4) is 0 Å². The van der Waals surface area contributed by atoms with Gasteiger partial charge in [-0.1, -0.05) is 6.08 Å².